The topological polar surface area (TPSA) is 9.23 Å². The van der Waals surface area contributed by atoms with E-state index in [0.29, 0.717) is 37.2 Å². The minimum atomic E-state index is -2.04. The van der Waals surface area contributed by atoms with Gasteiger partial charge in [0.15, 0.2) is 0 Å². The van der Waals surface area contributed by atoms with E-state index in [-0.39, 0.29) is 23.3 Å². The van der Waals surface area contributed by atoms with Crippen molar-refractivity contribution in [2.45, 2.75) is 103 Å². The second-order valence-electron chi connectivity index (χ2n) is 16.5. The third kappa shape index (κ3) is 8.30. The number of fused-ring (bicyclic) bond motifs is 1. The lowest BCUT2D eigenvalue weighted by molar-refractivity contribution is -0.123. The molecule has 0 saturated heterocycles. The van der Waals surface area contributed by atoms with Crippen LogP contribution in [0.1, 0.15) is 112 Å². The van der Waals surface area contributed by atoms with E-state index in [1.54, 1.807) is 25.2 Å². The average Bonchev–Trinajstić information content (AvgIpc) is 3.62. The summed E-state index contributed by atoms with van der Waals surface area (Å²) in [6, 6.07) is 18.4. The zero-order valence-corrected chi connectivity index (χ0v) is 33.0. The largest absolute Gasteiger partial charge is 0.460 e. The third-order valence-electron chi connectivity index (χ3n) is 13.3. The summed E-state index contributed by atoms with van der Waals surface area (Å²) in [6.07, 6.45) is 14.7. The molecule has 0 aromatic heterocycles. The zero-order valence-electron chi connectivity index (χ0n) is 33.0. The van der Waals surface area contributed by atoms with Crippen LogP contribution in [0.15, 0.2) is 112 Å². The van der Waals surface area contributed by atoms with Crippen LogP contribution in [0.2, 0.25) is 0 Å². The number of benzene rings is 3. The molecule has 3 aromatic rings. The molecule has 2 saturated carbocycles. The highest BCUT2D eigenvalue weighted by Crippen LogP contribution is 2.54. The Hall–Kier alpha value is -4.31. The maximum absolute atomic E-state index is 17.1. The van der Waals surface area contributed by atoms with Gasteiger partial charge in [-0.25, -0.2) is 13.2 Å². The van der Waals surface area contributed by atoms with Crippen LogP contribution in [0.4, 0.5) is 13.2 Å². The van der Waals surface area contributed by atoms with E-state index in [1.165, 1.54) is 62.3 Å². The lowest BCUT2D eigenvalue weighted by Gasteiger charge is -2.47. The highest BCUT2D eigenvalue weighted by Gasteiger charge is 2.54. The molecule has 6 rings (SSSR count). The van der Waals surface area contributed by atoms with E-state index in [2.05, 4.69) is 82.3 Å². The van der Waals surface area contributed by atoms with Crippen molar-refractivity contribution < 1.29 is 17.9 Å². The van der Waals surface area contributed by atoms with Crippen LogP contribution in [0.25, 0.3) is 28.3 Å². The lowest BCUT2D eigenvalue weighted by Crippen LogP contribution is -2.51. The van der Waals surface area contributed by atoms with Gasteiger partial charge in [0, 0.05) is 11.1 Å². The summed E-state index contributed by atoms with van der Waals surface area (Å²) in [4.78, 5) is 0. The van der Waals surface area contributed by atoms with Crippen molar-refractivity contribution in [1.29, 1.82) is 0 Å². The smallest absolute Gasteiger partial charge is 0.247 e. The van der Waals surface area contributed by atoms with E-state index in [9.17, 15) is 0 Å². The van der Waals surface area contributed by atoms with Crippen LogP contribution < -0.4 is 4.74 Å². The summed E-state index contributed by atoms with van der Waals surface area (Å²) < 4.78 is 55.0. The highest BCUT2D eigenvalue weighted by molar-refractivity contribution is 5.75. The Bertz CT molecular complexity index is 1920. The molecule has 0 radical (unpaired) electrons. The lowest BCUT2D eigenvalue weighted by atomic mass is 9.61. The third-order valence-corrected chi connectivity index (χ3v) is 13.3. The van der Waals surface area contributed by atoms with Crippen LogP contribution >= 0.6 is 0 Å². The monoisotopic (exact) mass is 744 g/mol. The fraction of sp³-hybridized carbons (Fsp3) is 0.412. The molecule has 0 heterocycles. The van der Waals surface area contributed by atoms with E-state index in [1.807, 2.05) is 6.08 Å². The van der Waals surface area contributed by atoms with Gasteiger partial charge < -0.3 is 4.74 Å². The molecule has 3 aliphatic rings. The van der Waals surface area contributed by atoms with Crippen LogP contribution in [0.3, 0.4) is 0 Å². The van der Waals surface area contributed by atoms with Gasteiger partial charge in [-0.15, -0.1) is 19.7 Å². The molecule has 0 aliphatic heterocycles. The highest BCUT2D eigenvalue weighted by atomic mass is 19.2. The van der Waals surface area contributed by atoms with Gasteiger partial charge in [0.25, 0.3) is 0 Å². The van der Waals surface area contributed by atoms with E-state index < -0.39 is 29.7 Å². The Labute approximate surface area is 328 Å². The maximum atomic E-state index is 17.1. The Balaban J connectivity index is 1.28. The summed E-state index contributed by atoms with van der Waals surface area (Å²) >= 11 is 0. The normalized spacial score (nSPS) is 26.7. The van der Waals surface area contributed by atoms with Crippen LogP contribution in [-0.4, -0.2) is 12.5 Å². The number of ether oxygens (including phenoxy) is 1. The Kier molecular flexibility index (Phi) is 13.0. The van der Waals surface area contributed by atoms with Crippen molar-refractivity contribution >= 4 is 17.2 Å². The summed E-state index contributed by atoms with van der Waals surface area (Å²) in [5.41, 5.74) is 5.86. The fourth-order valence-electron chi connectivity index (χ4n) is 10.1. The number of halogens is 3. The second kappa shape index (κ2) is 17.7. The molecule has 8 unspecified atom stereocenters. The van der Waals surface area contributed by atoms with Crippen molar-refractivity contribution in [3.05, 3.63) is 145 Å². The predicted molar refractivity (Wildman–Crippen MR) is 227 cm³/mol. The molecule has 3 aliphatic carbocycles. The van der Waals surface area contributed by atoms with E-state index in [4.69, 9.17) is 4.74 Å². The van der Waals surface area contributed by atoms with Gasteiger partial charge in [0.1, 0.15) is 17.7 Å². The Morgan fingerprint density at radius 2 is 1.67 bits per heavy atom. The first-order chi connectivity index (χ1) is 26.6. The number of alkyl halides is 2. The Morgan fingerprint density at radius 3 is 2.35 bits per heavy atom. The molecule has 4 heteroatoms. The number of allylic oxidation sites excluding steroid dienone is 6. The van der Waals surface area contributed by atoms with Gasteiger partial charge in [0.2, 0.25) is 6.36 Å². The first-order valence-corrected chi connectivity index (χ1v) is 20.4. The quantitative estimate of drug-likeness (QED) is 0.133. The molecule has 8 atom stereocenters. The predicted octanol–water partition coefficient (Wildman–Crippen LogP) is 14.9. The molecule has 0 N–H and O–H groups in total. The van der Waals surface area contributed by atoms with Gasteiger partial charge in [-0.2, -0.15) is 0 Å². The number of hydrogen-bond donors (Lipinski definition) is 0. The molecular formula is C51H59F3O. The second-order valence-corrected chi connectivity index (χ2v) is 16.5. The van der Waals surface area contributed by atoms with Gasteiger partial charge in [-0.3, -0.25) is 0 Å². The fourth-order valence-corrected chi connectivity index (χ4v) is 10.1. The summed E-state index contributed by atoms with van der Waals surface area (Å²) in [6.45, 7) is 23.5. The summed E-state index contributed by atoms with van der Waals surface area (Å²) in [5, 5.41) is 0. The molecule has 0 amide bonds. The van der Waals surface area contributed by atoms with Crippen molar-refractivity contribution in [3.8, 4) is 16.9 Å². The van der Waals surface area contributed by atoms with Gasteiger partial charge >= 0.3 is 0 Å². The van der Waals surface area contributed by atoms with Crippen molar-refractivity contribution in [2.75, 3.05) is 0 Å². The van der Waals surface area contributed by atoms with Crippen LogP contribution in [0, 0.1) is 34.9 Å². The number of rotatable bonds is 16. The molecule has 1 nitrogen and oxygen atoms in total. The molecule has 290 valence electrons. The zero-order chi connectivity index (χ0) is 39.3. The van der Waals surface area contributed by atoms with Crippen molar-refractivity contribution in [3.63, 3.8) is 0 Å². The average molecular weight is 745 g/mol. The summed E-state index contributed by atoms with van der Waals surface area (Å²) in [7, 11) is 0. The SMILES string of the molecule is C=CCCC1(C(F)Oc2cc(C=C)c(F)c(C(=C)C)c2)C(F)C=C(c2ccc(-c3ccc(C4CC5CCC(CC)CC5C4)cc3)cc2CC=C)CC1CC=C. The maximum Gasteiger partial charge on any atom is 0.247 e. The molecule has 3 aromatic carbocycles. The first kappa shape index (κ1) is 40.4. The van der Waals surface area contributed by atoms with Gasteiger partial charge in [-0.1, -0.05) is 99.7 Å². The molecule has 0 spiro atoms. The molecule has 0 bridgehead atoms. The minimum Gasteiger partial charge on any atom is -0.460 e. The molecule has 55 heavy (non-hydrogen) atoms. The standard InChI is InChI=1S/C51H59F3O/c1-8-13-24-51(50(54)55-45-30-35(12-5)49(53)47(32-45)33(6)7)44(15-10-3)29-43(31-48(51)52)46-23-22-38(26-40(46)14-9-2)36-18-20-37(21-19-36)42-27-39-17-16-34(11-4)25-41(39)28-42/h8-10,12,18-23,26,30-32,34,39,41-42,44,48,50H,1-3,5-6,11,13-17,24-25,27-29H2,4,7H3. The molecule has 2 fully saturated rings. The van der Waals surface area contributed by atoms with E-state index >= 15 is 13.2 Å². The first-order valence-electron chi connectivity index (χ1n) is 20.4. The van der Waals surface area contributed by atoms with Gasteiger partial charge in [0.05, 0.1) is 5.41 Å². The van der Waals surface area contributed by atoms with Crippen LogP contribution in [-0.2, 0) is 6.42 Å². The van der Waals surface area contributed by atoms with Crippen molar-refractivity contribution in [2.24, 2.45) is 29.1 Å². The summed E-state index contributed by atoms with van der Waals surface area (Å²) in [5.74, 6) is 2.45. The van der Waals surface area contributed by atoms with Crippen LogP contribution in [0.5, 0.6) is 5.75 Å². The number of hydrogen-bond acceptors (Lipinski definition) is 1. The molecular weight excluding hydrogens is 686 g/mol. The van der Waals surface area contributed by atoms with Crippen molar-refractivity contribution in [1.82, 2.24) is 0 Å². The van der Waals surface area contributed by atoms with E-state index in [0.717, 1.165) is 45.6 Å². The van der Waals surface area contributed by atoms with Gasteiger partial charge in [-0.05, 0) is 151 Å². The Morgan fingerprint density at radius 1 is 0.927 bits per heavy atom. The minimum absolute atomic E-state index is 0.0994.